The lowest BCUT2D eigenvalue weighted by molar-refractivity contribution is 0.141. The normalized spacial score (nSPS) is 11.3. The summed E-state index contributed by atoms with van der Waals surface area (Å²) in [6.45, 7) is 0. The minimum atomic E-state index is -2.79. The summed E-state index contributed by atoms with van der Waals surface area (Å²) < 4.78 is 24.9. The molecular weight excluding hydrogens is 259 g/mol. The van der Waals surface area contributed by atoms with Crippen molar-refractivity contribution < 1.29 is 8.78 Å². The van der Waals surface area contributed by atoms with Crippen LogP contribution in [-0.4, -0.2) is 9.97 Å². The molecule has 2 aromatic rings. The lowest BCUT2D eigenvalue weighted by atomic mass is 10.2. The molecule has 0 atom stereocenters. The van der Waals surface area contributed by atoms with Crippen LogP contribution < -0.4 is 5.73 Å². The summed E-state index contributed by atoms with van der Waals surface area (Å²) in [7, 11) is 0. The fourth-order valence-corrected chi connectivity index (χ4v) is 1.83. The van der Waals surface area contributed by atoms with Crippen molar-refractivity contribution in [3.8, 4) is 0 Å². The second-order valence-corrected chi connectivity index (χ2v) is 3.90. The van der Waals surface area contributed by atoms with Crippen molar-refractivity contribution in [3.63, 3.8) is 0 Å². The Balaban J connectivity index is 2.82. The quantitative estimate of drug-likeness (QED) is 0.858. The Morgan fingerprint density at radius 3 is 2.50 bits per heavy atom. The van der Waals surface area contributed by atoms with E-state index in [1.54, 1.807) is 0 Å². The van der Waals surface area contributed by atoms with Crippen molar-refractivity contribution in [1.82, 2.24) is 9.97 Å². The highest BCUT2D eigenvalue weighted by atomic mass is 35.5. The number of anilines is 1. The Hall–Kier alpha value is -1.20. The summed E-state index contributed by atoms with van der Waals surface area (Å²) in [6, 6.07) is 2.89. The number of benzene rings is 1. The van der Waals surface area contributed by atoms with E-state index < -0.39 is 12.2 Å². The van der Waals surface area contributed by atoms with Gasteiger partial charge in [0.25, 0.3) is 6.43 Å². The van der Waals surface area contributed by atoms with Crippen LogP contribution in [0.1, 0.15) is 12.2 Å². The summed E-state index contributed by atoms with van der Waals surface area (Å²) in [5.41, 5.74) is 5.71. The Morgan fingerprint density at radius 1 is 1.19 bits per heavy atom. The number of nitrogen functional groups attached to an aromatic ring is 1. The van der Waals surface area contributed by atoms with E-state index in [9.17, 15) is 8.78 Å². The van der Waals surface area contributed by atoms with E-state index in [2.05, 4.69) is 9.97 Å². The van der Waals surface area contributed by atoms with Gasteiger partial charge in [0.05, 0.1) is 10.5 Å². The van der Waals surface area contributed by atoms with Crippen molar-refractivity contribution in [2.75, 3.05) is 5.73 Å². The van der Waals surface area contributed by atoms with Gasteiger partial charge in [-0.15, -0.1) is 0 Å². The van der Waals surface area contributed by atoms with E-state index >= 15 is 0 Å². The molecule has 2 N–H and O–H groups in total. The standard InChI is InChI=1S/C9H5Cl2F2N3/c10-3-1-4-6(5(11)2-3)15-9(7(12)13)16-8(4)14/h1-2,7H,(H2,14,15,16). The SMILES string of the molecule is Nc1nc(C(F)F)nc2c(Cl)cc(Cl)cc12. The predicted molar refractivity (Wildman–Crippen MR) is 58.9 cm³/mol. The average Bonchev–Trinajstić information content (AvgIpc) is 2.19. The third-order valence-electron chi connectivity index (χ3n) is 1.96. The third kappa shape index (κ3) is 1.88. The Labute approximate surface area is 99.2 Å². The van der Waals surface area contributed by atoms with Gasteiger partial charge in [-0.05, 0) is 12.1 Å². The molecule has 0 spiro atoms. The maximum Gasteiger partial charge on any atom is 0.297 e. The summed E-state index contributed by atoms with van der Waals surface area (Å²) in [5.74, 6) is -0.709. The Morgan fingerprint density at radius 2 is 1.88 bits per heavy atom. The maximum absolute atomic E-state index is 12.4. The van der Waals surface area contributed by atoms with Crippen LogP contribution in [-0.2, 0) is 0 Å². The van der Waals surface area contributed by atoms with Gasteiger partial charge >= 0.3 is 0 Å². The van der Waals surface area contributed by atoms with Crippen molar-refractivity contribution in [1.29, 1.82) is 0 Å². The van der Waals surface area contributed by atoms with E-state index in [-0.39, 0.29) is 16.4 Å². The van der Waals surface area contributed by atoms with Crippen LogP contribution >= 0.6 is 23.2 Å². The van der Waals surface area contributed by atoms with Gasteiger partial charge < -0.3 is 5.73 Å². The number of rotatable bonds is 1. The van der Waals surface area contributed by atoms with E-state index in [0.717, 1.165) is 0 Å². The van der Waals surface area contributed by atoms with Crippen LogP contribution in [0.4, 0.5) is 14.6 Å². The van der Waals surface area contributed by atoms with Gasteiger partial charge in [-0.25, -0.2) is 18.7 Å². The molecule has 16 heavy (non-hydrogen) atoms. The zero-order chi connectivity index (χ0) is 11.9. The molecule has 1 heterocycles. The number of nitrogens with two attached hydrogens (primary N) is 1. The lowest BCUT2D eigenvalue weighted by Crippen LogP contribution is -2.01. The molecule has 84 valence electrons. The van der Waals surface area contributed by atoms with Crippen molar-refractivity contribution in [3.05, 3.63) is 28.0 Å². The lowest BCUT2D eigenvalue weighted by Gasteiger charge is -2.06. The van der Waals surface area contributed by atoms with Crippen LogP contribution in [0.5, 0.6) is 0 Å². The molecule has 1 aromatic heterocycles. The largest absolute Gasteiger partial charge is 0.383 e. The molecule has 2 rings (SSSR count). The highest BCUT2D eigenvalue weighted by Gasteiger charge is 2.15. The van der Waals surface area contributed by atoms with Crippen molar-refractivity contribution in [2.24, 2.45) is 0 Å². The number of aromatic nitrogens is 2. The number of nitrogens with zero attached hydrogens (tertiary/aromatic N) is 2. The van der Waals surface area contributed by atoms with E-state index in [1.165, 1.54) is 12.1 Å². The van der Waals surface area contributed by atoms with Gasteiger partial charge in [-0.1, -0.05) is 23.2 Å². The van der Waals surface area contributed by atoms with Gasteiger partial charge in [0.2, 0.25) is 0 Å². The molecule has 0 saturated carbocycles. The van der Waals surface area contributed by atoms with Crippen LogP contribution in [0, 0.1) is 0 Å². The summed E-state index contributed by atoms with van der Waals surface area (Å²) in [5, 5.41) is 0.873. The molecule has 3 nitrogen and oxygen atoms in total. The smallest absolute Gasteiger partial charge is 0.297 e. The molecule has 7 heteroatoms. The van der Waals surface area contributed by atoms with Crippen molar-refractivity contribution in [2.45, 2.75) is 6.43 Å². The zero-order valence-electron chi connectivity index (χ0n) is 7.72. The first-order chi connectivity index (χ1) is 7.49. The molecule has 0 radical (unpaired) electrons. The Bertz CT molecular complexity index is 560. The first-order valence-corrected chi connectivity index (χ1v) is 4.95. The minimum Gasteiger partial charge on any atom is -0.383 e. The first kappa shape index (κ1) is 11.3. The first-order valence-electron chi connectivity index (χ1n) is 4.19. The zero-order valence-corrected chi connectivity index (χ0v) is 9.23. The van der Waals surface area contributed by atoms with Crippen LogP contribution in [0.25, 0.3) is 10.9 Å². The van der Waals surface area contributed by atoms with Gasteiger partial charge in [0, 0.05) is 10.4 Å². The second kappa shape index (κ2) is 3.99. The summed E-state index contributed by atoms with van der Waals surface area (Å²) in [4.78, 5) is 7.13. The van der Waals surface area contributed by atoms with Gasteiger partial charge in [-0.2, -0.15) is 0 Å². The minimum absolute atomic E-state index is 0.0651. The number of hydrogen-bond acceptors (Lipinski definition) is 3. The molecule has 0 aliphatic carbocycles. The number of hydrogen-bond donors (Lipinski definition) is 1. The maximum atomic E-state index is 12.4. The third-order valence-corrected chi connectivity index (χ3v) is 2.47. The molecule has 0 bridgehead atoms. The topological polar surface area (TPSA) is 51.8 Å². The van der Waals surface area contributed by atoms with E-state index in [1.807, 2.05) is 0 Å². The van der Waals surface area contributed by atoms with Gasteiger partial charge in [0.1, 0.15) is 5.82 Å². The molecule has 0 amide bonds. The molecule has 1 aromatic carbocycles. The summed E-state index contributed by atoms with van der Waals surface area (Å²) in [6.07, 6.45) is -2.79. The molecule has 0 aliphatic heterocycles. The van der Waals surface area contributed by atoms with E-state index in [4.69, 9.17) is 28.9 Å². The fraction of sp³-hybridized carbons (Fsp3) is 0.111. The van der Waals surface area contributed by atoms with E-state index in [0.29, 0.717) is 10.4 Å². The molecular formula is C9H5Cl2F2N3. The monoisotopic (exact) mass is 263 g/mol. The van der Waals surface area contributed by atoms with Crippen LogP contribution in [0.2, 0.25) is 10.0 Å². The molecule has 0 fully saturated rings. The van der Waals surface area contributed by atoms with Gasteiger partial charge in [0.15, 0.2) is 5.82 Å². The number of fused-ring (bicyclic) bond motifs is 1. The number of halogens is 4. The fourth-order valence-electron chi connectivity index (χ4n) is 1.30. The molecule has 0 saturated heterocycles. The average molecular weight is 264 g/mol. The number of alkyl halides is 2. The second-order valence-electron chi connectivity index (χ2n) is 3.05. The molecule has 0 unspecified atom stereocenters. The highest BCUT2D eigenvalue weighted by molar-refractivity contribution is 6.38. The van der Waals surface area contributed by atoms with Crippen molar-refractivity contribution >= 4 is 39.9 Å². The molecule has 0 aliphatic rings. The predicted octanol–water partition coefficient (Wildman–Crippen LogP) is 3.46. The van der Waals surface area contributed by atoms with Crippen LogP contribution in [0.3, 0.4) is 0 Å². The van der Waals surface area contributed by atoms with Gasteiger partial charge in [-0.3, -0.25) is 0 Å². The Kier molecular flexibility index (Phi) is 2.82. The summed E-state index contributed by atoms with van der Waals surface area (Å²) >= 11 is 11.6. The van der Waals surface area contributed by atoms with Crippen LogP contribution in [0.15, 0.2) is 12.1 Å². The highest BCUT2D eigenvalue weighted by Crippen LogP contribution is 2.30.